The van der Waals surface area contributed by atoms with E-state index in [0.29, 0.717) is 12.1 Å². The molecule has 2 heterocycles. The third-order valence-electron chi connectivity index (χ3n) is 5.01. The van der Waals surface area contributed by atoms with Gasteiger partial charge in [0.2, 0.25) is 0 Å². The SMILES string of the molecule is O=C(NC[C@H](O)CN1CCc2ccccc2C1)c1cccc2cc[nH]c12. The Morgan fingerprint density at radius 3 is 2.88 bits per heavy atom. The summed E-state index contributed by atoms with van der Waals surface area (Å²) in [4.78, 5) is 17.8. The molecule has 0 radical (unpaired) electrons. The van der Waals surface area contributed by atoms with E-state index in [4.69, 9.17) is 0 Å². The zero-order chi connectivity index (χ0) is 17.9. The Bertz CT molecular complexity index is 918. The van der Waals surface area contributed by atoms with Crippen LogP contribution in [-0.4, -0.2) is 46.6 Å². The number of carbonyl (C=O) groups is 1. The molecule has 0 bridgehead atoms. The van der Waals surface area contributed by atoms with E-state index in [0.717, 1.165) is 30.4 Å². The average Bonchev–Trinajstić information content (AvgIpc) is 3.15. The quantitative estimate of drug-likeness (QED) is 0.662. The largest absolute Gasteiger partial charge is 0.390 e. The van der Waals surface area contributed by atoms with Crippen molar-refractivity contribution in [3.8, 4) is 0 Å². The van der Waals surface area contributed by atoms with Crippen LogP contribution >= 0.6 is 0 Å². The van der Waals surface area contributed by atoms with Gasteiger partial charge in [-0.2, -0.15) is 0 Å². The minimum Gasteiger partial charge on any atom is -0.390 e. The predicted molar refractivity (Wildman–Crippen MR) is 102 cm³/mol. The number of aromatic amines is 1. The first-order chi connectivity index (χ1) is 12.7. The number of nitrogens with one attached hydrogen (secondary N) is 2. The van der Waals surface area contributed by atoms with Gasteiger partial charge in [0.05, 0.1) is 17.2 Å². The summed E-state index contributed by atoms with van der Waals surface area (Å²) in [6, 6.07) is 16.0. The molecular formula is C21H23N3O2. The molecule has 5 heteroatoms. The first kappa shape index (κ1) is 16.8. The van der Waals surface area contributed by atoms with Crippen LogP contribution in [0.25, 0.3) is 10.9 Å². The zero-order valence-corrected chi connectivity index (χ0v) is 14.6. The van der Waals surface area contributed by atoms with Crippen molar-refractivity contribution in [1.29, 1.82) is 0 Å². The van der Waals surface area contributed by atoms with Crippen LogP contribution in [0.1, 0.15) is 21.5 Å². The van der Waals surface area contributed by atoms with Gasteiger partial charge in [0.15, 0.2) is 0 Å². The number of H-pyrrole nitrogens is 1. The van der Waals surface area contributed by atoms with Gasteiger partial charge >= 0.3 is 0 Å². The number of amides is 1. The lowest BCUT2D eigenvalue weighted by Gasteiger charge is -2.30. The molecule has 2 aromatic carbocycles. The average molecular weight is 349 g/mol. The maximum Gasteiger partial charge on any atom is 0.253 e. The first-order valence-corrected chi connectivity index (χ1v) is 9.02. The molecule has 134 valence electrons. The number of aliphatic hydroxyl groups excluding tert-OH is 1. The molecule has 5 nitrogen and oxygen atoms in total. The highest BCUT2D eigenvalue weighted by atomic mass is 16.3. The lowest BCUT2D eigenvalue weighted by atomic mass is 10.00. The Labute approximate surface area is 152 Å². The smallest absolute Gasteiger partial charge is 0.253 e. The zero-order valence-electron chi connectivity index (χ0n) is 14.6. The Kier molecular flexibility index (Phi) is 4.73. The fourth-order valence-electron chi connectivity index (χ4n) is 3.65. The van der Waals surface area contributed by atoms with Crippen LogP contribution < -0.4 is 5.32 Å². The topological polar surface area (TPSA) is 68.4 Å². The van der Waals surface area contributed by atoms with Crippen LogP contribution in [0.5, 0.6) is 0 Å². The Morgan fingerprint density at radius 1 is 1.15 bits per heavy atom. The van der Waals surface area contributed by atoms with Gasteiger partial charge in [0, 0.05) is 37.8 Å². The number of hydrogen-bond donors (Lipinski definition) is 3. The summed E-state index contributed by atoms with van der Waals surface area (Å²) >= 11 is 0. The molecule has 26 heavy (non-hydrogen) atoms. The number of benzene rings is 2. The summed E-state index contributed by atoms with van der Waals surface area (Å²) in [5.41, 5.74) is 4.15. The molecule has 1 aliphatic heterocycles. The van der Waals surface area contributed by atoms with Crippen molar-refractivity contribution in [2.24, 2.45) is 0 Å². The van der Waals surface area contributed by atoms with Crippen molar-refractivity contribution in [3.05, 3.63) is 71.4 Å². The van der Waals surface area contributed by atoms with Crippen LogP contribution in [0.4, 0.5) is 0 Å². The first-order valence-electron chi connectivity index (χ1n) is 9.02. The highest BCUT2D eigenvalue weighted by Crippen LogP contribution is 2.19. The number of fused-ring (bicyclic) bond motifs is 2. The van der Waals surface area contributed by atoms with Crippen molar-refractivity contribution >= 4 is 16.8 Å². The van der Waals surface area contributed by atoms with Gasteiger partial charge in [0.1, 0.15) is 0 Å². The molecule has 1 amide bonds. The van der Waals surface area contributed by atoms with Crippen molar-refractivity contribution in [2.45, 2.75) is 19.1 Å². The number of rotatable bonds is 5. The second-order valence-electron chi connectivity index (χ2n) is 6.87. The van der Waals surface area contributed by atoms with Gasteiger partial charge in [-0.05, 0) is 29.7 Å². The van der Waals surface area contributed by atoms with Crippen molar-refractivity contribution in [1.82, 2.24) is 15.2 Å². The molecule has 0 fully saturated rings. The van der Waals surface area contributed by atoms with Crippen LogP contribution in [0.2, 0.25) is 0 Å². The molecule has 4 rings (SSSR count). The number of aromatic nitrogens is 1. The lowest BCUT2D eigenvalue weighted by Crippen LogP contribution is -2.42. The van der Waals surface area contributed by atoms with Crippen LogP contribution in [-0.2, 0) is 13.0 Å². The Morgan fingerprint density at radius 2 is 2.00 bits per heavy atom. The fourth-order valence-corrected chi connectivity index (χ4v) is 3.65. The van der Waals surface area contributed by atoms with E-state index in [2.05, 4.69) is 39.5 Å². The maximum absolute atomic E-state index is 12.5. The fraction of sp³-hybridized carbons (Fsp3) is 0.286. The predicted octanol–water partition coefficient (Wildman–Crippen LogP) is 2.32. The summed E-state index contributed by atoms with van der Waals surface area (Å²) in [6.45, 7) is 2.59. The molecule has 1 aliphatic rings. The van der Waals surface area contributed by atoms with Gasteiger partial charge in [0.25, 0.3) is 5.91 Å². The molecule has 0 spiro atoms. The van der Waals surface area contributed by atoms with Gasteiger partial charge in [-0.15, -0.1) is 0 Å². The molecule has 0 unspecified atom stereocenters. The number of hydrogen-bond acceptors (Lipinski definition) is 3. The number of para-hydroxylation sites is 1. The minimum absolute atomic E-state index is 0.166. The van der Waals surface area contributed by atoms with Crippen molar-refractivity contribution < 1.29 is 9.90 Å². The van der Waals surface area contributed by atoms with E-state index >= 15 is 0 Å². The number of aliphatic hydroxyl groups is 1. The molecule has 3 aromatic rings. The molecule has 3 N–H and O–H groups in total. The number of carbonyl (C=O) groups excluding carboxylic acids is 1. The maximum atomic E-state index is 12.5. The van der Waals surface area contributed by atoms with E-state index < -0.39 is 6.10 Å². The molecule has 1 aromatic heterocycles. The van der Waals surface area contributed by atoms with E-state index in [-0.39, 0.29) is 12.5 Å². The summed E-state index contributed by atoms with van der Waals surface area (Å²) in [5.74, 6) is -0.166. The van der Waals surface area contributed by atoms with Gasteiger partial charge in [-0.3, -0.25) is 9.69 Å². The van der Waals surface area contributed by atoms with Crippen molar-refractivity contribution in [2.75, 3.05) is 19.6 Å². The molecular weight excluding hydrogens is 326 g/mol. The number of β-amino-alcohol motifs (C(OH)–C–C–N with tert-alkyl or cyclic N) is 1. The van der Waals surface area contributed by atoms with Crippen LogP contribution in [0.3, 0.4) is 0 Å². The van der Waals surface area contributed by atoms with Gasteiger partial charge < -0.3 is 15.4 Å². The monoisotopic (exact) mass is 349 g/mol. The van der Waals surface area contributed by atoms with E-state index in [1.807, 2.05) is 24.4 Å². The number of nitrogens with zero attached hydrogens (tertiary/aromatic N) is 1. The third-order valence-corrected chi connectivity index (χ3v) is 5.01. The van der Waals surface area contributed by atoms with Crippen molar-refractivity contribution in [3.63, 3.8) is 0 Å². The van der Waals surface area contributed by atoms with Gasteiger partial charge in [-0.25, -0.2) is 0 Å². The molecule has 1 atom stereocenters. The van der Waals surface area contributed by atoms with E-state index in [1.54, 1.807) is 6.07 Å². The third kappa shape index (κ3) is 3.49. The minimum atomic E-state index is -0.591. The standard InChI is InChI=1S/C21H23N3O2/c25-18(14-24-11-9-15-4-1-2-5-17(15)13-24)12-23-21(26)19-7-3-6-16-8-10-22-20(16)19/h1-8,10,18,22,25H,9,11-14H2,(H,23,26)/t18-/m0/s1. The molecule has 0 aliphatic carbocycles. The summed E-state index contributed by atoms with van der Waals surface area (Å²) < 4.78 is 0. The van der Waals surface area contributed by atoms with Gasteiger partial charge in [-0.1, -0.05) is 36.4 Å². The normalized spacial score (nSPS) is 15.6. The lowest BCUT2D eigenvalue weighted by molar-refractivity contribution is 0.0843. The second kappa shape index (κ2) is 7.32. The molecule has 0 saturated carbocycles. The van der Waals surface area contributed by atoms with E-state index in [1.165, 1.54) is 11.1 Å². The van der Waals surface area contributed by atoms with E-state index in [9.17, 15) is 9.90 Å². The summed E-state index contributed by atoms with van der Waals surface area (Å²) in [6.07, 6.45) is 2.24. The highest BCUT2D eigenvalue weighted by Gasteiger charge is 2.19. The Balaban J connectivity index is 1.32. The summed E-state index contributed by atoms with van der Waals surface area (Å²) in [7, 11) is 0. The second-order valence-corrected chi connectivity index (χ2v) is 6.87. The highest BCUT2D eigenvalue weighted by molar-refractivity contribution is 6.05. The summed E-state index contributed by atoms with van der Waals surface area (Å²) in [5, 5.41) is 14.2. The molecule has 0 saturated heterocycles. The Hall–Kier alpha value is -2.63. The van der Waals surface area contributed by atoms with Crippen LogP contribution in [0.15, 0.2) is 54.7 Å². The van der Waals surface area contributed by atoms with Crippen LogP contribution in [0, 0.1) is 0 Å².